The zero-order chi connectivity index (χ0) is 14.5. The Bertz CT molecular complexity index is 533. The van der Waals surface area contributed by atoms with E-state index in [0.717, 1.165) is 11.1 Å². The molecule has 106 valence electrons. The van der Waals surface area contributed by atoms with E-state index in [1.54, 1.807) is 19.1 Å². The molecule has 0 unspecified atom stereocenters. The molecule has 1 rings (SSSR count). The number of hydrogen-bond acceptors (Lipinski definition) is 4. The Hall–Kier alpha value is -1.37. The Balaban J connectivity index is 2.58. The van der Waals surface area contributed by atoms with Crippen LogP contribution >= 0.6 is 0 Å². The first kappa shape index (κ1) is 15.7. The maximum Gasteiger partial charge on any atom is 0.240 e. The van der Waals surface area contributed by atoms with E-state index in [2.05, 4.69) is 11.3 Å². The van der Waals surface area contributed by atoms with Gasteiger partial charge in [-0.25, -0.2) is 13.1 Å². The lowest BCUT2D eigenvalue weighted by molar-refractivity contribution is 0.162. The van der Waals surface area contributed by atoms with Crippen molar-refractivity contribution in [3.05, 3.63) is 35.9 Å². The standard InChI is InChI=1S/C13H20N2O3S/c1-10(2)9-18-5-4-15-19(16,17)13-7-11(3)6-12(14)8-13/h6-8,15H,1,4-5,9,14H2,2-3H3. The molecule has 0 amide bonds. The molecule has 0 saturated carbocycles. The van der Waals surface area contributed by atoms with Gasteiger partial charge in [-0.3, -0.25) is 0 Å². The van der Waals surface area contributed by atoms with Crippen LogP contribution in [0.2, 0.25) is 0 Å². The molecule has 0 saturated heterocycles. The van der Waals surface area contributed by atoms with Crippen LogP contribution in [0.3, 0.4) is 0 Å². The number of nitrogens with one attached hydrogen (secondary N) is 1. The molecule has 1 aromatic carbocycles. The number of hydrogen-bond donors (Lipinski definition) is 2. The van der Waals surface area contributed by atoms with E-state index in [9.17, 15) is 8.42 Å². The van der Waals surface area contributed by atoms with Crippen molar-refractivity contribution < 1.29 is 13.2 Å². The van der Waals surface area contributed by atoms with E-state index in [1.165, 1.54) is 6.07 Å². The van der Waals surface area contributed by atoms with Crippen molar-refractivity contribution in [2.45, 2.75) is 18.7 Å². The minimum Gasteiger partial charge on any atom is -0.399 e. The number of ether oxygens (including phenoxy) is 1. The van der Waals surface area contributed by atoms with Crippen LogP contribution in [0, 0.1) is 6.92 Å². The lowest BCUT2D eigenvalue weighted by atomic mass is 10.2. The van der Waals surface area contributed by atoms with Crippen LogP contribution in [-0.4, -0.2) is 28.2 Å². The Morgan fingerprint density at radius 3 is 2.68 bits per heavy atom. The molecule has 0 aliphatic heterocycles. The van der Waals surface area contributed by atoms with Crippen LogP contribution in [0.25, 0.3) is 0 Å². The molecule has 0 aromatic heterocycles. The molecule has 0 radical (unpaired) electrons. The fraction of sp³-hybridized carbons (Fsp3) is 0.385. The highest BCUT2D eigenvalue weighted by molar-refractivity contribution is 7.89. The quantitative estimate of drug-likeness (QED) is 0.451. The molecular weight excluding hydrogens is 264 g/mol. The number of anilines is 1. The van der Waals surface area contributed by atoms with Gasteiger partial charge in [-0.15, -0.1) is 0 Å². The van der Waals surface area contributed by atoms with E-state index in [1.807, 2.05) is 6.92 Å². The minimum absolute atomic E-state index is 0.171. The molecule has 0 aliphatic rings. The molecule has 0 atom stereocenters. The number of nitrogen functional groups attached to an aromatic ring is 1. The van der Waals surface area contributed by atoms with Crippen molar-refractivity contribution in [1.82, 2.24) is 4.72 Å². The molecule has 19 heavy (non-hydrogen) atoms. The molecule has 5 nitrogen and oxygen atoms in total. The van der Waals surface area contributed by atoms with Crippen molar-refractivity contribution in [3.8, 4) is 0 Å². The maximum absolute atomic E-state index is 12.0. The predicted molar refractivity (Wildman–Crippen MR) is 76.4 cm³/mol. The van der Waals surface area contributed by atoms with Gasteiger partial charge in [0.05, 0.1) is 18.1 Å². The molecule has 0 bridgehead atoms. The summed E-state index contributed by atoms with van der Waals surface area (Å²) in [4.78, 5) is 0.171. The summed E-state index contributed by atoms with van der Waals surface area (Å²) in [6.07, 6.45) is 0. The number of rotatable bonds is 7. The number of nitrogens with two attached hydrogens (primary N) is 1. The van der Waals surface area contributed by atoms with Crippen LogP contribution < -0.4 is 10.5 Å². The Morgan fingerprint density at radius 1 is 1.42 bits per heavy atom. The van der Waals surface area contributed by atoms with Gasteiger partial charge >= 0.3 is 0 Å². The molecule has 1 aromatic rings. The Labute approximate surface area is 114 Å². The van der Waals surface area contributed by atoms with Crippen molar-refractivity contribution in [2.24, 2.45) is 0 Å². The Morgan fingerprint density at radius 2 is 2.11 bits per heavy atom. The van der Waals surface area contributed by atoms with Crippen LogP contribution in [0.15, 0.2) is 35.2 Å². The first-order chi connectivity index (χ1) is 8.81. The average molecular weight is 284 g/mol. The third-order valence-corrected chi connectivity index (χ3v) is 3.71. The second kappa shape index (κ2) is 6.70. The largest absolute Gasteiger partial charge is 0.399 e. The van der Waals surface area contributed by atoms with E-state index in [-0.39, 0.29) is 11.4 Å². The summed E-state index contributed by atoms with van der Waals surface area (Å²) < 4.78 is 31.7. The number of aryl methyl sites for hydroxylation is 1. The number of benzene rings is 1. The van der Waals surface area contributed by atoms with Crippen LogP contribution in [0.5, 0.6) is 0 Å². The zero-order valence-corrected chi connectivity index (χ0v) is 12.1. The smallest absolute Gasteiger partial charge is 0.240 e. The SMILES string of the molecule is C=C(C)COCCNS(=O)(=O)c1cc(C)cc(N)c1. The van der Waals surface area contributed by atoms with Crippen LogP contribution in [0.4, 0.5) is 5.69 Å². The molecule has 6 heteroatoms. The van der Waals surface area contributed by atoms with Gasteiger partial charge in [0, 0.05) is 12.2 Å². The summed E-state index contributed by atoms with van der Waals surface area (Å²) in [6.45, 7) is 8.28. The lowest BCUT2D eigenvalue weighted by Crippen LogP contribution is -2.27. The molecule has 0 spiro atoms. The van der Waals surface area contributed by atoms with Crippen LogP contribution in [-0.2, 0) is 14.8 Å². The Kier molecular flexibility index (Phi) is 5.53. The molecule has 0 fully saturated rings. The number of sulfonamides is 1. The monoisotopic (exact) mass is 284 g/mol. The summed E-state index contributed by atoms with van der Waals surface area (Å²) in [5.74, 6) is 0. The molecule has 0 aliphatic carbocycles. The summed E-state index contributed by atoms with van der Waals surface area (Å²) in [7, 11) is -3.54. The highest BCUT2D eigenvalue weighted by Gasteiger charge is 2.14. The van der Waals surface area contributed by atoms with Gasteiger partial charge in [-0.2, -0.15) is 0 Å². The molecule has 0 heterocycles. The lowest BCUT2D eigenvalue weighted by Gasteiger charge is -2.09. The first-order valence-corrected chi connectivity index (χ1v) is 7.38. The maximum atomic E-state index is 12.0. The van der Waals surface area contributed by atoms with Crippen molar-refractivity contribution in [2.75, 3.05) is 25.5 Å². The van der Waals surface area contributed by atoms with Crippen molar-refractivity contribution in [3.63, 3.8) is 0 Å². The fourth-order valence-electron chi connectivity index (χ4n) is 1.51. The highest BCUT2D eigenvalue weighted by Crippen LogP contribution is 2.15. The second-order valence-electron chi connectivity index (χ2n) is 4.49. The van der Waals surface area contributed by atoms with E-state index in [0.29, 0.717) is 18.9 Å². The van der Waals surface area contributed by atoms with Gasteiger partial charge in [-0.05, 0) is 37.6 Å². The van der Waals surface area contributed by atoms with E-state index in [4.69, 9.17) is 10.5 Å². The van der Waals surface area contributed by atoms with Crippen molar-refractivity contribution in [1.29, 1.82) is 0 Å². The van der Waals surface area contributed by atoms with Gasteiger partial charge < -0.3 is 10.5 Å². The van der Waals surface area contributed by atoms with E-state index >= 15 is 0 Å². The first-order valence-electron chi connectivity index (χ1n) is 5.90. The minimum atomic E-state index is -3.54. The van der Waals surface area contributed by atoms with Crippen molar-refractivity contribution >= 4 is 15.7 Å². The third kappa shape index (κ3) is 5.42. The van der Waals surface area contributed by atoms with Crippen LogP contribution in [0.1, 0.15) is 12.5 Å². The van der Waals surface area contributed by atoms with Gasteiger partial charge in [0.2, 0.25) is 10.0 Å². The average Bonchev–Trinajstić information content (AvgIpc) is 2.26. The van der Waals surface area contributed by atoms with Gasteiger partial charge in [0.1, 0.15) is 0 Å². The topological polar surface area (TPSA) is 81.4 Å². The highest BCUT2D eigenvalue weighted by atomic mass is 32.2. The van der Waals surface area contributed by atoms with E-state index < -0.39 is 10.0 Å². The molecule has 3 N–H and O–H groups in total. The normalized spacial score (nSPS) is 11.5. The molecular formula is C13H20N2O3S. The van der Waals surface area contributed by atoms with Gasteiger partial charge in [0.15, 0.2) is 0 Å². The summed E-state index contributed by atoms with van der Waals surface area (Å²) in [5.41, 5.74) is 7.77. The summed E-state index contributed by atoms with van der Waals surface area (Å²) in [5, 5.41) is 0. The van der Waals surface area contributed by atoms with Gasteiger partial charge in [-0.1, -0.05) is 12.2 Å². The second-order valence-corrected chi connectivity index (χ2v) is 6.25. The zero-order valence-electron chi connectivity index (χ0n) is 11.3. The fourth-order valence-corrected chi connectivity index (χ4v) is 2.66. The third-order valence-electron chi connectivity index (χ3n) is 2.27. The van der Waals surface area contributed by atoms with Gasteiger partial charge in [0.25, 0.3) is 0 Å². The summed E-state index contributed by atoms with van der Waals surface area (Å²) >= 11 is 0. The predicted octanol–water partition coefficient (Wildman–Crippen LogP) is 1.45. The summed E-state index contributed by atoms with van der Waals surface area (Å²) in [6, 6.07) is 4.73.